The van der Waals surface area contributed by atoms with E-state index in [4.69, 9.17) is 4.42 Å². The van der Waals surface area contributed by atoms with Crippen LogP contribution in [0.2, 0.25) is 0 Å². The number of amides is 2. The Labute approximate surface area is 172 Å². The third-order valence-electron chi connectivity index (χ3n) is 3.96. The second-order valence-electron chi connectivity index (χ2n) is 6.03. The molecule has 3 aromatic rings. The molecule has 3 rings (SSSR count). The number of nitrogens with one attached hydrogen (secondary N) is 2. The molecule has 6 nitrogen and oxygen atoms in total. The van der Waals surface area contributed by atoms with E-state index in [1.54, 1.807) is 18.2 Å². The van der Waals surface area contributed by atoms with Crippen molar-refractivity contribution >= 4 is 33.4 Å². The average molecular weight is 465 g/mol. The first-order valence-corrected chi connectivity index (χ1v) is 9.21. The molecule has 0 bridgehead atoms. The highest BCUT2D eigenvalue weighted by molar-refractivity contribution is 9.10. The molecule has 1 unspecified atom stereocenters. The molecule has 1 heterocycles. The smallest absolute Gasteiger partial charge is 0.291 e. The molecule has 0 spiro atoms. The van der Waals surface area contributed by atoms with E-state index in [9.17, 15) is 23.5 Å². The van der Waals surface area contributed by atoms with Crippen LogP contribution in [0.15, 0.2) is 63.7 Å². The zero-order chi connectivity index (χ0) is 21.0. The zero-order valence-corrected chi connectivity index (χ0v) is 16.4. The van der Waals surface area contributed by atoms with Crippen molar-refractivity contribution in [3.63, 3.8) is 0 Å². The number of carbonyl (C=O) groups is 2. The summed E-state index contributed by atoms with van der Waals surface area (Å²) in [5.41, 5.74) is 0.452. The van der Waals surface area contributed by atoms with Gasteiger partial charge in [0.1, 0.15) is 11.6 Å². The number of halogens is 3. The quantitative estimate of drug-likeness (QED) is 0.513. The van der Waals surface area contributed by atoms with Gasteiger partial charge in [-0.1, -0.05) is 12.1 Å². The van der Waals surface area contributed by atoms with Gasteiger partial charge in [-0.2, -0.15) is 0 Å². The van der Waals surface area contributed by atoms with Crippen molar-refractivity contribution in [2.75, 3.05) is 11.9 Å². The molecule has 0 aliphatic carbocycles. The van der Waals surface area contributed by atoms with Gasteiger partial charge in [-0.3, -0.25) is 9.59 Å². The Bertz CT molecular complexity index is 1050. The van der Waals surface area contributed by atoms with Crippen LogP contribution in [-0.2, 0) is 0 Å². The van der Waals surface area contributed by atoms with Gasteiger partial charge < -0.3 is 20.2 Å². The van der Waals surface area contributed by atoms with Gasteiger partial charge in [0.05, 0.1) is 6.10 Å². The van der Waals surface area contributed by atoms with Crippen LogP contribution in [0, 0.1) is 11.6 Å². The summed E-state index contributed by atoms with van der Waals surface area (Å²) < 4.78 is 32.2. The van der Waals surface area contributed by atoms with Gasteiger partial charge in [-0.05, 0) is 52.3 Å². The van der Waals surface area contributed by atoms with E-state index in [0.717, 1.165) is 12.1 Å². The molecule has 29 heavy (non-hydrogen) atoms. The number of hydrogen-bond acceptors (Lipinski definition) is 4. The highest BCUT2D eigenvalue weighted by atomic mass is 79.9. The van der Waals surface area contributed by atoms with Crippen LogP contribution < -0.4 is 10.6 Å². The fraction of sp³-hybridized carbons (Fsp3) is 0.100. The Morgan fingerprint density at radius 2 is 1.86 bits per heavy atom. The third kappa shape index (κ3) is 5.27. The predicted octanol–water partition coefficient (Wildman–Crippen LogP) is 4.04. The molecular weight excluding hydrogens is 450 g/mol. The number of aliphatic hydroxyl groups is 1. The maximum Gasteiger partial charge on any atom is 0.291 e. The van der Waals surface area contributed by atoms with E-state index in [2.05, 4.69) is 26.6 Å². The largest absolute Gasteiger partial charge is 0.444 e. The molecule has 2 aromatic carbocycles. The summed E-state index contributed by atoms with van der Waals surface area (Å²) in [6.07, 6.45) is -1.35. The Balaban J connectivity index is 1.62. The summed E-state index contributed by atoms with van der Waals surface area (Å²) in [4.78, 5) is 24.4. The van der Waals surface area contributed by atoms with Crippen molar-refractivity contribution < 1.29 is 27.9 Å². The molecular formula is C20H15BrF2N2O4. The molecule has 3 N–H and O–H groups in total. The first kappa shape index (κ1) is 20.7. The monoisotopic (exact) mass is 464 g/mol. The van der Waals surface area contributed by atoms with E-state index in [1.165, 1.54) is 18.2 Å². The van der Waals surface area contributed by atoms with Crippen LogP contribution in [0.5, 0.6) is 0 Å². The first-order valence-electron chi connectivity index (χ1n) is 8.41. The number of anilines is 1. The SMILES string of the molecule is O=C(NCC(O)c1ccc(F)cc1F)c1cccc(NC(=O)c2ccc(Br)o2)c1. The van der Waals surface area contributed by atoms with E-state index in [-0.39, 0.29) is 23.4 Å². The van der Waals surface area contributed by atoms with Crippen LogP contribution in [0.4, 0.5) is 14.5 Å². The van der Waals surface area contributed by atoms with Gasteiger partial charge in [0.15, 0.2) is 10.4 Å². The van der Waals surface area contributed by atoms with Crippen LogP contribution in [0.1, 0.15) is 32.6 Å². The molecule has 0 saturated heterocycles. The maximum atomic E-state index is 13.7. The zero-order valence-electron chi connectivity index (χ0n) is 14.8. The normalized spacial score (nSPS) is 11.7. The van der Waals surface area contributed by atoms with Crippen molar-refractivity contribution in [2.24, 2.45) is 0 Å². The summed E-state index contributed by atoms with van der Waals surface area (Å²) >= 11 is 3.11. The van der Waals surface area contributed by atoms with E-state index < -0.39 is 29.6 Å². The Morgan fingerprint density at radius 1 is 1.07 bits per heavy atom. The van der Waals surface area contributed by atoms with E-state index >= 15 is 0 Å². The molecule has 0 saturated carbocycles. The van der Waals surface area contributed by atoms with Crippen molar-refractivity contribution in [3.8, 4) is 0 Å². The van der Waals surface area contributed by atoms with Crippen LogP contribution >= 0.6 is 15.9 Å². The minimum atomic E-state index is -1.35. The molecule has 0 aliphatic heterocycles. The van der Waals surface area contributed by atoms with Gasteiger partial charge >= 0.3 is 0 Å². The third-order valence-corrected chi connectivity index (χ3v) is 4.38. The van der Waals surface area contributed by atoms with Gasteiger partial charge in [0, 0.05) is 29.4 Å². The lowest BCUT2D eigenvalue weighted by Gasteiger charge is -2.13. The number of furan rings is 1. The lowest BCUT2D eigenvalue weighted by atomic mass is 10.1. The van der Waals surface area contributed by atoms with E-state index in [1.807, 2.05) is 0 Å². The lowest BCUT2D eigenvalue weighted by Crippen LogP contribution is -2.28. The van der Waals surface area contributed by atoms with Crippen molar-refractivity contribution in [1.29, 1.82) is 0 Å². The van der Waals surface area contributed by atoms with Crippen LogP contribution in [0.3, 0.4) is 0 Å². The summed E-state index contributed by atoms with van der Waals surface area (Å²) in [5.74, 6) is -2.60. The Kier molecular flexibility index (Phi) is 6.40. The van der Waals surface area contributed by atoms with Gasteiger partial charge in [0.2, 0.25) is 0 Å². The topological polar surface area (TPSA) is 91.6 Å². The summed E-state index contributed by atoms with van der Waals surface area (Å²) in [5, 5.41) is 15.1. The Morgan fingerprint density at radius 3 is 2.55 bits per heavy atom. The molecule has 0 radical (unpaired) electrons. The Hall–Kier alpha value is -3.04. The van der Waals surface area contributed by atoms with Crippen molar-refractivity contribution in [1.82, 2.24) is 5.32 Å². The molecule has 1 atom stereocenters. The fourth-order valence-electron chi connectivity index (χ4n) is 2.54. The number of hydrogen-bond donors (Lipinski definition) is 3. The molecule has 1 aromatic heterocycles. The average Bonchev–Trinajstić information content (AvgIpc) is 3.12. The molecule has 0 aliphatic rings. The minimum absolute atomic E-state index is 0.0937. The molecule has 150 valence electrons. The minimum Gasteiger partial charge on any atom is -0.444 e. The number of carbonyl (C=O) groups excluding carboxylic acids is 2. The summed E-state index contributed by atoms with van der Waals surface area (Å²) in [6.45, 7) is -0.279. The first-order chi connectivity index (χ1) is 13.8. The number of benzene rings is 2. The number of aliphatic hydroxyl groups excluding tert-OH is 1. The number of rotatable bonds is 6. The fourth-order valence-corrected chi connectivity index (χ4v) is 2.85. The lowest BCUT2D eigenvalue weighted by molar-refractivity contribution is 0.0913. The summed E-state index contributed by atoms with van der Waals surface area (Å²) in [7, 11) is 0. The summed E-state index contributed by atoms with van der Waals surface area (Å²) in [6, 6.07) is 12.0. The molecule has 9 heteroatoms. The standard InChI is InChI=1S/C20H15BrF2N2O4/c21-18-7-6-17(29-18)20(28)25-13-3-1-2-11(8-13)19(27)24-10-16(26)14-5-4-12(22)9-15(14)23/h1-9,16,26H,10H2,(H,24,27)(H,25,28). The van der Waals surface area contributed by atoms with E-state index in [0.29, 0.717) is 16.4 Å². The van der Waals surface area contributed by atoms with Crippen LogP contribution in [0.25, 0.3) is 0 Å². The van der Waals surface area contributed by atoms with Gasteiger partial charge in [0.25, 0.3) is 11.8 Å². The predicted molar refractivity (Wildman–Crippen MR) is 104 cm³/mol. The van der Waals surface area contributed by atoms with Gasteiger partial charge in [-0.15, -0.1) is 0 Å². The highest BCUT2D eigenvalue weighted by Crippen LogP contribution is 2.19. The van der Waals surface area contributed by atoms with Crippen molar-refractivity contribution in [3.05, 3.63) is 87.8 Å². The molecule has 2 amide bonds. The highest BCUT2D eigenvalue weighted by Gasteiger charge is 2.16. The second kappa shape index (κ2) is 8.97. The van der Waals surface area contributed by atoms with Crippen molar-refractivity contribution in [2.45, 2.75) is 6.10 Å². The second-order valence-corrected chi connectivity index (χ2v) is 6.81. The maximum absolute atomic E-state index is 13.7. The van der Waals surface area contributed by atoms with Gasteiger partial charge in [-0.25, -0.2) is 8.78 Å². The van der Waals surface area contributed by atoms with Crippen LogP contribution in [-0.4, -0.2) is 23.5 Å². The molecule has 0 fully saturated rings.